The highest BCUT2D eigenvalue weighted by molar-refractivity contribution is 7.20. The van der Waals surface area contributed by atoms with Crippen LogP contribution in [-0.2, 0) is 6.42 Å². The largest absolute Gasteiger partial charge is 0.305 e. The zero-order chi connectivity index (χ0) is 18.6. The summed E-state index contributed by atoms with van der Waals surface area (Å²) in [7, 11) is 0. The number of anilines is 1. The molecular formula is C20H20FN3OS. The van der Waals surface area contributed by atoms with Gasteiger partial charge >= 0.3 is 0 Å². The van der Waals surface area contributed by atoms with Crippen molar-refractivity contribution in [1.29, 1.82) is 0 Å². The topological polar surface area (TPSA) is 46.1 Å². The standard InChI is InChI=1S/C20H20FN3OS/c1-10-8-14-6-5-7-24(17(14)15(21)9-10)20(25)18-11(2)16-12(3)22-13(4)23-19(16)26-18/h8-9H,5-7H2,1-4H3. The molecule has 0 bridgehead atoms. The monoisotopic (exact) mass is 369 g/mol. The first-order valence-corrected chi connectivity index (χ1v) is 9.53. The first-order valence-electron chi connectivity index (χ1n) is 8.72. The van der Waals surface area contributed by atoms with Crippen molar-refractivity contribution in [3.8, 4) is 0 Å². The lowest BCUT2D eigenvalue weighted by atomic mass is 9.98. The Bertz CT molecular complexity index is 1060. The molecule has 6 heteroatoms. The number of rotatable bonds is 1. The molecule has 0 atom stereocenters. The first-order chi connectivity index (χ1) is 12.4. The van der Waals surface area contributed by atoms with Gasteiger partial charge in [0.1, 0.15) is 16.5 Å². The molecule has 1 aliphatic heterocycles. The highest BCUT2D eigenvalue weighted by Crippen LogP contribution is 2.36. The molecule has 0 radical (unpaired) electrons. The molecule has 134 valence electrons. The number of carbonyl (C=O) groups excluding carboxylic acids is 1. The Kier molecular flexibility index (Phi) is 4.03. The van der Waals surface area contributed by atoms with Crippen LogP contribution in [-0.4, -0.2) is 22.4 Å². The fourth-order valence-corrected chi connectivity index (χ4v) is 5.07. The number of aromatic nitrogens is 2. The SMILES string of the molecule is Cc1cc(F)c2c(c1)CCCN2C(=O)c1sc2nc(C)nc(C)c2c1C. The van der Waals surface area contributed by atoms with Crippen LogP contribution in [0.15, 0.2) is 12.1 Å². The minimum absolute atomic E-state index is 0.147. The highest BCUT2D eigenvalue weighted by Gasteiger charge is 2.29. The zero-order valence-electron chi connectivity index (χ0n) is 15.3. The molecule has 0 spiro atoms. The molecule has 0 fully saturated rings. The Hall–Kier alpha value is -2.34. The quantitative estimate of drug-likeness (QED) is 0.627. The molecule has 4 rings (SSSR count). The fourth-order valence-electron chi connectivity index (χ4n) is 3.84. The van der Waals surface area contributed by atoms with E-state index in [1.54, 1.807) is 4.90 Å². The number of hydrogen-bond donors (Lipinski definition) is 0. The van der Waals surface area contributed by atoms with Crippen LogP contribution in [0, 0.1) is 33.5 Å². The number of carbonyl (C=O) groups is 1. The van der Waals surface area contributed by atoms with Gasteiger partial charge in [0.25, 0.3) is 5.91 Å². The Morgan fingerprint density at radius 1 is 1.19 bits per heavy atom. The van der Waals surface area contributed by atoms with E-state index in [1.165, 1.54) is 17.4 Å². The Morgan fingerprint density at radius 3 is 2.73 bits per heavy atom. The molecular weight excluding hydrogens is 349 g/mol. The van der Waals surface area contributed by atoms with Crippen molar-refractivity contribution in [1.82, 2.24) is 9.97 Å². The fraction of sp³-hybridized carbons (Fsp3) is 0.350. The van der Waals surface area contributed by atoms with Crippen LogP contribution in [0.3, 0.4) is 0 Å². The maximum absolute atomic E-state index is 14.7. The summed E-state index contributed by atoms with van der Waals surface area (Å²) in [5.41, 5.74) is 3.98. The molecule has 0 unspecified atom stereocenters. The van der Waals surface area contributed by atoms with Gasteiger partial charge in [-0.25, -0.2) is 14.4 Å². The third-order valence-electron chi connectivity index (χ3n) is 4.91. The molecule has 0 saturated heterocycles. The van der Waals surface area contributed by atoms with Gasteiger partial charge in [0.15, 0.2) is 0 Å². The minimum Gasteiger partial charge on any atom is -0.305 e. The van der Waals surface area contributed by atoms with Crippen molar-refractivity contribution in [2.75, 3.05) is 11.4 Å². The number of benzene rings is 1. The van der Waals surface area contributed by atoms with Crippen LogP contribution < -0.4 is 4.90 Å². The lowest BCUT2D eigenvalue weighted by Crippen LogP contribution is -2.36. The third-order valence-corrected chi connectivity index (χ3v) is 6.08. The summed E-state index contributed by atoms with van der Waals surface area (Å²) >= 11 is 1.37. The van der Waals surface area contributed by atoms with Crippen molar-refractivity contribution in [3.05, 3.63) is 51.0 Å². The lowest BCUT2D eigenvalue weighted by molar-refractivity contribution is 0.0987. The van der Waals surface area contributed by atoms with E-state index in [2.05, 4.69) is 9.97 Å². The number of thiophene rings is 1. The number of aryl methyl sites for hydroxylation is 5. The van der Waals surface area contributed by atoms with E-state index in [4.69, 9.17) is 0 Å². The van der Waals surface area contributed by atoms with Crippen LogP contribution in [0.5, 0.6) is 0 Å². The van der Waals surface area contributed by atoms with Gasteiger partial charge in [0, 0.05) is 17.6 Å². The molecule has 2 aromatic heterocycles. The molecule has 0 aliphatic carbocycles. The second-order valence-electron chi connectivity index (χ2n) is 6.91. The van der Waals surface area contributed by atoms with E-state index in [-0.39, 0.29) is 11.7 Å². The molecule has 0 saturated carbocycles. The predicted molar refractivity (Wildman–Crippen MR) is 103 cm³/mol. The van der Waals surface area contributed by atoms with Crippen LogP contribution >= 0.6 is 11.3 Å². The van der Waals surface area contributed by atoms with Crippen molar-refractivity contribution >= 4 is 33.1 Å². The Balaban J connectivity index is 1.85. The van der Waals surface area contributed by atoms with E-state index in [1.807, 2.05) is 33.8 Å². The first kappa shape index (κ1) is 17.1. The third kappa shape index (κ3) is 2.60. The normalized spacial score (nSPS) is 14.0. The molecule has 4 nitrogen and oxygen atoms in total. The molecule has 26 heavy (non-hydrogen) atoms. The van der Waals surface area contributed by atoms with Crippen LogP contribution in [0.2, 0.25) is 0 Å². The van der Waals surface area contributed by atoms with Crippen molar-refractivity contribution in [3.63, 3.8) is 0 Å². The van der Waals surface area contributed by atoms with Gasteiger partial charge in [-0.1, -0.05) is 6.07 Å². The maximum Gasteiger partial charge on any atom is 0.268 e. The Morgan fingerprint density at radius 2 is 1.96 bits per heavy atom. The Labute approximate surface area is 155 Å². The van der Waals surface area contributed by atoms with E-state index in [0.717, 1.165) is 45.4 Å². The lowest BCUT2D eigenvalue weighted by Gasteiger charge is -2.30. The van der Waals surface area contributed by atoms with E-state index >= 15 is 0 Å². The molecule has 1 aliphatic rings. The molecule has 0 N–H and O–H groups in total. The van der Waals surface area contributed by atoms with Crippen molar-refractivity contribution in [2.45, 2.75) is 40.5 Å². The molecule has 1 aromatic carbocycles. The van der Waals surface area contributed by atoms with E-state index < -0.39 is 0 Å². The minimum atomic E-state index is -0.321. The number of hydrogen-bond acceptors (Lipinski definition) is 4. The summed E-state index contributed by atoms with van der Waals surface area (Å²) in [6.07, 6.45) is 1.64. The molecule has 1 amide bonds. The van der Waals surface area contributed by atoms with Crippen molar-refractivity contribution < 1.29 is 9.18 Å². The van der Waals surface area contributed by atoms with Gasteiger partial charge in [0.2, 0.25) is 0 Å². The summed E-state index contributed by atoms with van der Waals surface area (Å²) in [5, 5.41) is 0.936. The average Bonchev–Trinajstić information content (AvgIpc) is 2.90. The highest BCUT2D eigenvalue weighted by atomic mass is 32.1. The van der Waals surface area contributed by atoms with Crippen molar-refractivity contribution in [2.24, 2.45) is 0 Å². The predicted octanol–water partition coefficient (Wildman–Crippen LogP) is 4.66. The van der Waals surface area contributed by atoms with Gasteiger partial charge in [0.05, 0.1) is 10.6 Å². The van der Waals surface area contributed by atoms with Gasteiger partial charge in [-0.15, -0.1) is 11.3 Å². The van der Waals surface area contributed by atoms with Gasteiger partial charge in [-0.05, 0) is 63.3 Å². The summed E-state index contributed by atoms with van der Waals surface area (Å²) < 4.78 is 14.7. The van der Waals surface area contributed by atoms with Crippen LogP contribution in [0.25, 0.3) is 10.2 Å². The van der Waals surface area contributed by atoms with Crippen LogP contribution in [0.4, 0.5) is 10.1 Å². The van der Waals surface area contributed by atoms with Gasteiger partial charge in [-0.3, -0.25) is 4.79 Å². The van der Waals surface area contributed by atoms with E-state index in [9.17, 15) is 9.18 Å². The smallest absolute Gasteiger partial charge is 0.268 e. The summed E-state index contributed by atoms with van der Waals surface area (Å²) in [6, 6.07) is 3.48. The van der Waals surface area contributed by atoms with E-state index in [0.29, 0.717) is 22.9 Å². The summed E-state index contributed by atoms with van der Waals surface area (Å²) in [5.74, 6) is 0.227. The second-order valence-corrected chi connectivity index (χ2v) is 7.91. The molecule has 3 heterocycles. The van der Waals surface area contributed by atoms with Crippen LogP contribution in [0.1, 0.15) is 44.3 Å². The van der Waals surface area contributed by atoms with Gasteiger partial charge in [-0.2, -0.15) is 0 Å². The number of amides is 1. The number of halogens is 1. The zero-order valence-corrected chi connectivity index (χ0v) is 16.1. The summed E-state index contributed by atoms with van der Waals surface area (Å²) in [6.45, 7) is 8.12. The second kappa shape index (κ2) is 6.13. The van der Waals surface area contributed by atoms with Gasteiger partial charge < -0.3 is 4.90 Å². The number of nitrogens with zero attached hydrogens (tertiary/aromatic N) is 3. The number of fused-ring (bicyclic) bond motifs is 2. The molecule has 3 aromatic rings. The summed E-state index contributed by atoms with van der Waals surface area (Å²) in [4.78, 5) is 25.2. The maximum atomic E-state index is 14.7. The average molecular weight is 369 g/mol.